The molecule has 0 aliphatic carbocycles. The number of hydrogen-bond donors (Lipinski definition) is 2. The fourth-order valence-corrected chi connectivity index (χ4v) is 1.80. The highest BCUT2D eigenvalue weighted by Crippen LogP contribution is 2.41. The standard InChI is InChI=1S/C14H18N2O3/c1-14(2,3)8-5-9(10-7-12(15)16-19-10)13(17)11(6-8)18-4/h5-7,17H,1-4H3,(H2,15,16). The van der Waals surface area contributed by atoms with E-state index in [9.17, 15) is 5.11 Å². The molecule has 0 bridgehead atoms. The van der Waals surface area contributed by atoms with Crippen LogP contribution >= 0.6 is 0 Å². The molecule has 3 N–H and O–H groups in total. The first-order valence-corrected chi connectivity index (χ1v) is 5.97. The fourth-order valence-electron chi connectivity index (χ4n) is 1.80. The summed E-state index contributed by atoms with van der Waals surface area (Å²) in [5.74, 6) is 1.11. The highest BCUT2D eigenvalue weighted by molar-refractivity contribution is 5.72. The minimum absolute atomic E-state index is 0.0200. The Balaban J connectivity index is 2.65. The Morgan fingerprint density at radius 1 is 1.26 bits per heavy atom. The SMILES string of the molecule is COc1cc(C(C)(C)C)cc(-c2cc(N)no2)c1O. The molecule has 5 nitrogen and oxygen atoms in total. The number of ether oxygens (including phenoxy) is 1. The summed E-state index contributed by atoms with van der Waals surface area (Å²) < 4.78 is 10.3. The van der Waals surface area contributed by atoms with Crippen molar-refractivity contribution >= 4 is 5.82 Å². The number of methoxy groups -OCH3 is 1. The minimum atomic E-state index is -0.0820. The lowest BCUT2D eigenvalue weighted by Gasteiger charge is -2.21. The summed E-state index contributed by atoms with van der Waals surface area (Å²) in [5.41, 5.74) is 7.00. The van der Waals surface area contributed by atoms with Crippen LogP contribution in [0.5, 0.6) is 11.5 Å². The molecule has 0 amide bonds. The van der Waals surface area contributed by atoms with E-state index >= 15 is 0 Å². The zero-order chi connectivity index (χ0) is 14.2. The molecule has 0 saturated carbocycles. The fraction of sp³-hybridized carbons (Fsp3) is 0.357. The van der Waals surface area contributed by atoms with Crippen molar-refractivity contribution < 1.29 is 14.4 Å². The van der Waals surface area contributed by atoms with Gasteiger partial charge in [-0.2, -0.15) is 0 Å². The van der Waals surface area contributed by atoms with Gasteiger partial charge >= 0.3 is 0 Å². The van der Waals surface area contributed by atoms with E-state index in [2.05, 4.69) is 25.9 Å². The van der Waals surface area contributed by atoms with E-state index in [0.717, 1.165) is 5.56 Å². The summed E-state index contributed by atoms with van der Waals surface area (Å²) in [7, 11) is 1.51. The number of hydrogen-bond acceptors (Lipinski definition) is 5. The van der Waals surface area contributed by atoms with Crippen molar-refractivity contribution in [2.24, 2.45) is 0 Å². The minimum Gasteiger partial charge on any atom is -0.504 e. The van der Waals surface area contributed by atoms with Gasteiger partial charge in [0.2, 0.25) is 0 Å². The number of nitrogen functional groups attached to an aromatic ring is 1. The number of anilines is 1. The van der Waals surface area contributed by atoms with E-state index in [0.29, 0.717) is 17.1 Å². The molecule has 1 aromatic heterocycles. The van der Waals surface area contributed by atoms with Crippen molar-refractivity contribution in [3.8, 4) is 22.8 Å². The smallest absolute Gasteiger partial charge is 0.172 e. The maximum Gasteiger partial charge on any atom is 0.172 e. The van der Waals surface area contributed by atoms with Crippen LogP contribution in [0.25, 0.3) is 11.3 Å². The zero-order valence-corrected chi connectivity index (χ0v) is 11.5. The van der Waals surface area contributed by atoms with Gasteiger partial charge in [0.05, 0.1) is 12.7 Å². The summed E-state index contributed by atoms with van der Waals surface area (Å²) in [6, 6.07) is 5.25. The maximum absolute atomic E-state index is 10.2. The van der Waals surface area contributed by atoms with Gasteiger partial charge in [-0.15, -0.1) is 0 Å². The maximum atomic E-state index is 10.2. The van der Waals surface area contributed by atoms with Crippen LogP contribution in [0, 0.1) is 0 Å². The van der Waals surface area contributed by atoms with Gasteiger partial charge in [0.15, 0.2) is 23.1 Å². The van der Waals surface area contributed by atoms with E-state index in [-0.39, 0.29) is 17.0 Å². The first-order valence-electron chi connectivity index (χ1n) is 5.97. The number of benzene rings is 1. The van der Waals surface area contributed by atoms with Gasteiger partial charge in [-0.05, 0) is 23.1 Å². The summed E-state index contributed by atoms with van der Waals surface area (Å²) in [6.45, 7) is 6.24. The summed E-state index contributed by atoms with van der Waals surface area (Å²) >= 11 is 0. The average Bonchev–Trinajstić information content (AvgIpc) is 2.74. The summed E-state index contributed by atoms with van der Waals surface area (Å²) in [5, 5.41) is 13.8. The van der Waals surface area contributed by atoms with Gasteiger partial charge < -0.3 is 20.1 Å². The van der Waals surface area contributed by atoms with Gasteiger partial charge in [0.1, 0.15) is 0 Å². The number of phenols is 1. The van der Waals surface area contributed by atoms with Gasteiger partial charge in [0, 0.05) is 6.07 Å². The molecule has 0 saturated heterocycles. The Kier molecular flexibility index (Phi) is 3.14. The van der Waals surface area contributed by atoms with Crippen molar-refractivity contribution in [1.82, 2.24) is 5.16 Å². The highest BCUT2D eigenvalue weighted by atomic mass is 16.5. The first-order chi connectivity index (χ1) is 8.82. The van der Waals surface area contributed by atoms with Gasteiger partial charge in [-0.3, -0.25) is 0 Å². The second kappa shape index (κ2) is 4.50. The van der Waals surface area contributed by atoms with E-state index in [4.69, 9.17) is 15.0 Å². The van der Waals surface area contributed by atoms with E-state index in [1.165, 1.54) is 7.11 Å². The molecule has 102 valence electrons. The molecule has 5 heteroatoms. The van der Waals surface area contributed by atoms with Gasteiger partial charge in [-0.25, -0.2) is 0 Å². The zero-order valence-electron chi connectivity index (χ0n) is 11.5. The Morgan fingerprint density at radius 2 is 1.95 bits per heavy atom. The largest absolute Gasteiger partial charge is 0.504 e. The molecule has 1 aromatic carbocycles. The van der Waals surface area contributed by atoms with Crippen molar-refractivity contribution in [3.63, 3.8) is 0 Å². The van der Waals surface area contributed by atoms with Gasteiger partial charge in [-0.1, -0.05) is 25.9 Å². The monoisotopic (exact) mass is 262 g/mol. The predicted molar refractivity (Wildman–Crippen MR) is 73.3 cm³/mol. The normalized spacial score (nSPS) is 11.6. The number of aromatic hydroxyl groups is 1. The molecular weight excluding hydrogens is 244 g/mol. The number of rotatable bonds is 2. The molecule has 2 rings (SSSR count). The summed E-state index contributed by atoms with van der Waals surface area (Å²) in [6.07, 6.45) is 0. The van der Waals surface area contributed by atoms with Crippen LogP contribution in [-0.4, -0.2) is 17.4 Å². The molecule has 2 aromatic rings. The van der Waals surface area contributed by atoms with Crippen molar-refractivity contribution in [1.29, 1.82) is 0 Å². The summed E-state index contributed by atoms with van der Waals surface area (Å²) in [4.78, 5) is 0. The molecule has 19 heavy (non-hydrogen) atoms. The van der Waals surface area contributed by atoms with E-state index < -0.39 is 0 Å². The Bertz CT molecular complexity index is 597. The third-order valence-electron chi connectivity index (χ3n) is 2.95. The number of aromatic nitrogens is 1. The van der Waals surface area contributed by atoms with Crippen LogP contribution in [0.1, 0.15) is 26.3 Å². The molecule has 0 aliphatic rings. The molecule has 0 aliphatic heterocycles. The molecule has 0 radical (unpaired) electrons. The van der Waals surface area contributed by atoms with E-state index in [1.54, 1.807) is 6.07 Å². The lowest BCUT2D eigenvalue weighted by atomic mass is 9.85. The lowest BCUT2D eigenvalue weighted by molar-refractivity contribution is 0.370. The Morgan fingerprint density at radius 3 is 2.42 bits per heavy atom. The number of nitrogens with zero attached hydrogens (tertiary/aromatic N) is 1. The highest BCUT2D eigenvalue weighted by Gasteiger charge is 2.21. The van der Waals surface area contributed by atoms with Crippen molar-refractivity contribution in [2.75, 3.05) is 12.8 Å². The Labute approximate surface area is 112 Å². The molecule has 0 unspecified atom stereocenters. The van der Waals surface area contributed by atoms with Crippen LogP contribution in [0.2, 0.25) is 0 Å². The average molecular weight is 262 g/mol. The first kappa shape index (κ1) is 13.3. The third-order valence-corrected chi connectivity index (χ3v) is 2.95. The molecule has 0 spiro atoms. The van der Waals surface area contributed by atoms with Crippen LogP contribution in [-0.2, 0) is 5.41 Å². The molecule has 0 fully saturated rings. The van der Waals surface area contributed by atoms with Crippen LogP contribution in [0.15, 0.2) is 22.7 Å². The van der Waals surface area contributed by atoms with Crippen LogP contribution in [0.4, 0.5) is 5.82 Å². The molecule has 0 atom stereocenters. The lowest BCUT2D eigenvalue weighted by Crippen LogP contribution is -2.11. The van der Waals surface area contributed by atoms with Crippen molar-refractivity contribution in [2.45, 2.75) is 26.2 Å². The third kappa shape index (κ3) is 2.50. The second-order valence-electron chi connectivity index (χ2n) is 5.44. The van der Waals surface area contributed by atoms with E-state index in [1.807, 2.05) is 12.1 Å². The van der Waals surface area contributed by atoms with Crippen LogP contribution in [0.3, 0.4) is 0 Å². The topological polar surface area (TPSA) is 81.5 Å². The van der Waals surface area contributed by atoms with Crippen LogP contribution < -0.4 is 10.5 Å². The Hall–Kier alpha value is -2.17. The quantitative estimate of drug-likeness (QED) is 0.869. The number of nitrogens with two attached hydrogens (primary N) is 1. The molecule has 1 heterocycles. The van der Waals surface area contributed by atoms with Crippen molar-refractivity contribution in [3.05, 3.63) is 23.8 Å². The number of phenolic OH excluding ortho intramolecular Hbond substituents is 1. The van der Waals surface area contributed by atoms with Gasteiger partial charge in [0.25, 0.3) is 0 Å². The predicted octanol–water partition coefficient (Wildman–Crippen LogP) is 2.94. The second-order valence-corrected chi connectivity index (χ2v) is 5.44. The molecular formula is C14H18N2O3.